The Hall–Kier alpha value is -1.90. The molecule has 0 aromatic carbocycles. The summed E-state index contributed by atoms with van der Waals surface area (Å²) in [4.78, 5) is 11.1. The normalized spacial score (nSPS) is 16.6. The molecule has 90 valence electrons. The van der Waals surface area contributed by atoms with E-state index in [4.69, 9.17) is 10.4 Å². The predicted octanol–water partition coefficient (Wildman–Crippen LogP) is 1.55. The number of carbonyl (C=O) groups is 1. The zero-order valence-electron chi connectivity index (χ0n) is 9.46. The van der Waals surface area contributed by atoms with Gasteiger partial charge >= 0.3 is 5.97 Å². The molecular formula is C11H14N4O2. The topological polar surface area (TPSA) is 91.8 Å². The van der Waals surface area contributed by atoms with Gasteiger partial charge in [0.25, 0.3) is 0 Å². The average molecular weight is 234 g/mol. The van der Waals surface area contributed by atoms with Gasteiger partial charge in [0.2, 0.25) is 0 Å². The fourth-order valence-electron chi connectivity index (χ4n) is 2.44. The Kier molecular flexibility index (Phi) is 3.38. The molecule has 0 atom stereocenters. The fourth-order valence-corrected chi connectivity index (χ4v) is 2.44. The summed E-state index contributed by atoms with van der Waals surface area (Å²) in [5.74, 6) is -0.882. The lowest BCUT2D eigenvalue weighted by atomic mass is 9.86. The number of carboxylic acid groups (broad SMARTS) is 1. The van der Waals surface area contributed by atoms with Crippen LogP contribution in [0.25, 0.3) is 0 Å². The van der Waals surface area contributed by atoms with E-state index in [9.17, 15) is 4.79 Å². The minimum absolute atomic E-state index is 0.00662. The van der Waals surface area contributed by atoms with Gasteiger partial charge in [-0.1, -0.05) is 24.5 Å². The second kappa shape index (κ2) is 4.95. The lowest BCUT2D eigenvalue weighted by Gasteiger charge is -2.21. The quantitative estimate of drug-likeness (QED) is 0.856. The van der Waals surface area contributed by atoms with Gasteiger partial charge in [-0.3, -0.25) is 0 Å². The van der Waals surface area contributed by atoms with E-state index in [0.29, 0.717) is 5.69 Å². The van der Waals surface area contributed by atoms with Crippen LogP contribution < -0.4 is 0 Å². The summed E-state index contributed by atoms with van der Waals surface area (Å²) in [6, 6.07) is 1.98. The van der Waals surface area contributed by atoms with Crippen LogP contribution in [0, 0.1) is 11.3 Å². The lowest BCUT2D eigenvalue weighted by molar-refractivity contribution is 0.0688. The van der Waals surface area contributed by atoms with Crippen LogP contribution in [-0.4, -0.2) is 26.1 Å². The van der Waals surface area contributed by atoms with E-state index in [1.807, 2.05) is 6.07 Å². The summed E-state index contributed by atoms with van der Waals surface area (Å²) in [6.45, 7) is 0.0616. The molecule has 1 fully saturated rings. The van der Waals surface area contributed by atoms with Crippen LogP contribution in [0.2, 0.25) is 0 Å². The van der Waals surface area contributed by atoms with Gasteiger partial charge in [-0.05, 0) is 12.8 Å². The molecule has 0 aliphatic heterocycles. The summed E-state index contributed by atoms with van der Waals surface area (Å²) in [5.41, 5.74) is 0.630. The van der Waals surface area contributed by atoms with Gasteiger partial charge in [-0.15, -0.1) is 5.10 Å². The number of hydrogen-bond acceptors (Lipinski definition) is 4. The van der Waals surface area contributed by atoms with Crippen molar-refractivity contribution in [1.29, 1.82) is 5.26 Å². The van der Waals surface area contributed by atoms with Crippen molar-refractivity contribution in [3.05, 3.63) is 11.4 Å². The summed E-state index contributed by atoms with van der Waals surface area (Å²) < 4.78 is 1.43. The van der Waals surface area contributed by atoms with Crippen LogP contribution in [0.15, 0.2) is 0 Å². The van der Waals surface area contributed by atoms with Crippen LogP contribution >= 0.6 is 0 Å². The Morgan fingerprint density at radius 1 is 1.47 bits per heavy atom. The van der Waals surface area contributed by atoms with Crippen molar-refractivity contribution in [2.75, 3.05) is 0 Å². The zero-order chi connectivity index (χ0) is 12.3. The van der Waals surface area contributed by atoms with E-state index in [1.165, 1.54) is 11.1 Å². The van der Waals surface area contributed by atoms with E-state index in [2.05, 4.69) is 10.3 Å². The highest BCUT2D eigenvalue weighted by molar-refractivity contribution is 5.86. The van der Waals surface area contributed by atoms with Gasteiger partial charge in [-0.25, -0.2) is 9.48 Å². The molecule has 6 nitrogen and oxygen atoms in total. The second-order valence-electron chi connectivity index (χ2n) is 4.28. The van der Waals surface area contributed by atoms with Gasteiger partial charge in [0, 0.05) is 5.92 Å². The molecule has 0 spiro atoms. The minimum Gasteiger partial charge on any atom is -0.476 e. The standard InChI is InChI=1S/C11H14N4O2/c12-6-7-15-10(8-4-2-1-3-5-8)9(11(16)17)13-14-15/h8H,1-5,7H2,(H,16,17). The minimum atomic E-state index is -1.06. The van der Waals surface area contributed by atoms with Gasteiger partial charge in [0.1, 0.15) is 6.54 Å². The van der Waals surface area contributed by atoms with Crippen LogP contribution in [0.5, 0.6) is 0 Å². The fraction of sp³-hybridized carbons (Fsp3) is 0.636. The zero-order valence-corrected chi connectivity index (χ0v) is 9.46. The van der Waals surface area contributed by atoms with Crippen LogP contribution in [-0.2, 0) is 6.54 Å². The maximum atomic E-state index is 11.1. The number of nitriles is 1. The summed E-state index contributed by atoms with van der Waals surface area (Å²) in [6.07, 6.45) is 5.31. The molecule has 6 heteroatoms. The molecule has 2 rings (SSSR count). The second-order valence-corrected chi connectivity index (χ2v) is 4.28. The number of aromatic nitrogens is 3. The van der Waals surface area contributed by atoms with E-state index in [-0.39, 0.29) is 18.2 Å². The van der Waals surface area contributed by atoms with Crippen molar-refractivity contribution in [1.82, 2.24) is 15.0 Å². The highest BCUT2D eigenvalue weighted by Crippen LogP contribution is 2.33. The molecule has 1 saturated carbocycles. The first-order valence-electron chi connectivity index (χ1n) is 5.77. The van der Waals surface area contributed by atoms with Gasteiger partial charge in [-0.2, -0.15) is 5.26 Å². The molecule has 0 bridgehead atoms. The third-order valence-electron chi connectivity index (χ3n) is 3.19. The Bertz CT molecular complexity index is 455. The van der Waals surface area contributed by atoms with Crippen molar-refractivity contribution in [3.8, 4) is 6.07 Å². The molecule has 1 aromatic rings. The molecule has 0 saturated heterocycles. The molecule has 1 aliphatic rings. The van der Waals surface area contributed by atoms with Crippen molar-refractivity contribution in [3.63, 3.8) is 0 Å². The van der Waals surface area contributed by atoms with Crippen molar-refractivity contribution < 1.29 is 9.90 Å². The van der Waals surface area contributed by atoms with E-state index in [1.54, 1.807) is 0 Å². The average Bonchev–Trinajstić information content (AvgIpc) is 2.74. The first kappa shape index (κ1) is 11.6. The number of hydrogen-bond donors (Lipinski definition) is 1. The number of nitrogens with zero attached hydrogens (tertiary/aromatic N) is 4. The maximum absolute atomic E-state index is 11.1. The molecule has 17 heavy (non-hydrogen) atoms. The maximum Gasteiger partial charge on any atom is 0.358 e. The van der Waals surface area contributed by atoms with Crippen molar-refractivity contribution in [2.24, 2.45) is 0 Å². The van der Waals surface area contributed by atoms with E-state index in [0.717, 1.165) is 25.7 Å². The van der Waals surface area contributed by atoms with Crippen molar-refractivity contribution >= 4 is 5.97 Å². The SMILES string of the molecule is N#CCn1nnc(C(=O)O)c1C1CCCCC1. The van der Waals surface area contributed by atoms with Crippen LogP contribution in [0.1, 0.15) is 54.2 Å². The third kappa shape index (κ3) is 2.28. The smallest absolute Gasteiger partial charge is 0.358 e. The van der Waals surface area contributed by atoms with Gasteiger partial charge in [0.05, 0.1) is 11.8 Å². The van der Waals surface area contributed by atoms with E-state index >= 15 is 0 Å². The molecule has 1 aliphatic carbocycles. The van der Waals surface area contributed by atoms with Crippen LogP contribution in [0.4, 0.5) is 0 Å². The molecule has 0 unspecified atom stereocenters. The highest BCUT2D eigenvalue weighted by Gasteiger charge is 2.27. The first-order valence-corrected chi connectivity index (χ1v) is 5.77. The molecular weight excluding hydrogens is 220 g/mol. The number of rotatable bonds is 3. The largest absolute Gasteiger partial charge is 0.476 e. The Morgan fingerprint density at radius 3 is 2.76 bits per heavy atom. The Labute approximate surface area is 98.9 Å². The highest BCUT2D eigenvalue weighted by atomic mass is 16.4. The molecule has 1 N–H and O–H groups in total. The summed E-state index contributed by atoms with van der Waals surface area (Å²) in [7, 11) is 0. The Balaban J connectivity index is 2.36. The van der Waals surface area contributed by atoms with Crippen LogP contribution in [0.3, 0.4) is 0 Å². The molecule has 0 radical (unpaired) electrons. The Morgan fingerprint density at radius 2 is 2.18 bits per heavy atom. The summed E-state index contributed by atoms with van der Waals surface area (Å²) in [5, 5.41) is 25.2. The predicted molar refractivity (Wildman–Crippen MR) is 58.4 cm³/mol. The molecule has 1 aromatic heterocycles. The number of aromatic carboxylic acids is 1. The molecule has 1 heterocycles. The monoisotopic (exact) mass is 234 g/mol. The van der Waals surface area contributed by atoms with Gasteiger partial charge in [0.15, 0.2) is 5.69 Å². The molecule has 0 amide bonds. The number of carboxylic acids is 1. The third-order valence-corrected chi connectivity index (χ3v) is 3.19. The lowest BCUT2D eigenvalue weighted by Crippen LogP contribution is -2.15. The van der Waals surface area contributed by atoms with Crippen molar-refractivity contribution in [2.45, 2.75) is 44.6 Å². The van der Waals surface area contributed by atoms with E-state index < -0.39 is 5.97 Å². The van der Waals surface area contributed by atoms with Gasteiger partial charge < -0.3 is 5.11 Å². The first-order chi connectivity index (χ1) is 8.24. The summed E-state index contributed by atoms with van der Waals surface area (Å²) >= 11 is 0.